The van der Waals surface area contributed by atoms with E-state index < -0.39 is 27.2 Å². The van der Waals surface area contributed by atoms with Crippen LogP contribution in [0.3, 0.4) is 0 Å². The lowest BCUT2D eigenvalue weighted by atomic mass is 9.78. The predicted molar refractivity (Wildman–Crippen MR) is 90.1 cm³/mol. The summed E-state index contributed by atoms with van der Waals surface area (Å²) in [6.45, 7) is 3.53. The quantitative estimate of drug-likeness (QED) is 0.736. The molecule has 0 saturated carbocycles. The molecule has 4 heterocycles. The lowest BCUT2D eigenvalue weighted by Gasteiger charge is -2.40. The molecule has 3 fully saturated rings. The Kier molecular flexibility index (Phi) is 3.11. The SMILES string of the molecule is COC(=O)[C@@]1(C)C[C@@]23S[C@@](C)(C(=O)N2[C@H]1c1cccnc1)N(C)C3=O. The van der Waals surface area contributed by atoms with Crippen molar-refractivity contribution >= 4 is 29.5 Å². The monoisotopic (exact) mass is 361 g/mol. The van der Waals surface area contributed by atoms with Crippen LogP contribution in [0.15, 0.2) is 24.5 Å². The summed E-state index contributed by atoms with van der Waals surface area (Å²) < 4.78 is 5.05. The number of thioether (sulfide) groups is 1. The van der Waals surface area contributed by atoms with Crippen molar-refractivity contribution in [2.24, 2.45) is 5.41 Å². The number of esters is 1. The Hall–Kier alpha value is -2.09. The van der Waals surface area contributed by atoms with Crippen LogP contribution in [0.5, 0.6) is 0 Å². The van der Waals surface area contributed by atoms with Gasteiger partial charge in [0.15, 0.2) is 9.74 Å². The Morgan fingerprint density at radius 1 is 1.36 bits per heavy atom. The lowest BCUT2D eigenvalue weighted by molar-refractivity contribution is -0.160. The summed E-state index contributed by atoms with van der Waals surface area (Å²) >= 11 is 1.33. The zero-order chi connectivity index (χ0) is 18.2. The average Bonchev–Trinajstić information content (AvgIpc) is 3.08. The number of rotatable bonds is 2. The molecule has 3 aliphatic rings. The third-order valence-electron chi connectivity index (χ3n) is 5.77. The minimum absolute atomic E-state index is 0.138. The molecule has 1 spiro atoms. The maximum Gasteiger partial charge on any atom is 0.314 e. The van der Waals surface area contributed by atoms with Gasteiger partial charge in [0.2, 0.25) is 0 Å². The van der Waals surface area contributed by atoms with Crippen molar-refractivity contribution in [3.8, 4) is 0 Å². The number of aromatic nitrogens is 1. The first-order chi connectivity index (χ1) is 11.7. The third kappa shape index (κ3) is 1.68. The topological polar surface area (TPSA) is 79.8 Å². The van der Waals surface area contributed by atoms with Gasteiger partial charge in [0, 0.05) is 25.9 Å². The van der Waals surface area contributed by atoms with Crippen LogP contribution >= 0.6 is 11.8 Å². The maximum absolute atomic E-state index is 13.2. The van der Waals surface area contributed by atoms with Crippen molar-refractivity contribution in [1.82, 2.24) is 14.8 Å². The van der Waals surface area contributed by atoms with Crippen LogP contribution in [-0.2, 0) is 19.1 Å². The zero-order valence-corrected chi connectivity index (χ0v) is 15.3. The molecule has 2 bridgehead atoms. The van der Waals surface area contributed by atoms with Gasteiger partial charge in [0.25, 0.3) is 11.8 Å². The van der Waals surface area contributed by atoms with E-state index in [4.69, 9.17) is 4.74 Å². The van der Waals surface area contributed by atoms with Gasteiger partial charge in [0.05, 0.1) is 18.6 Å². The Labute approximate surface area is 149 Å². The van der Waals surface area contributed by atoms with Crippen molar-refractivity contribution in [2.45, 2.75) is 36.1 Å². The normalized spacial score (nSPS) is 39.1. The highest BCUT2D eigenvalue weighted by molar-refractivity contribution is 8.04. The number of piperazine rings is 1. The number of amides is 2. The van der Waals surface area contributed by atoms with Gasteiger partial charge in [-0.1, -0.05) is 17.8 Å². The fourth-order valence-corrected chi connectivity index (χ4v) is 6.44. The van der Waals surface area contributed by atoms with E-state index in [1.54, 1.807) is 44.3 Å². The van der Waals surface area contributed by atoms with Crippen molar-refractivity contribution in [1.29, 1.82) is 0 Å². The molecule has 0 N–H and O–H groups in total. The van der Waals surface area contributed by atoms with Gasteiger partial charge < -0.3 is 14.5 Å². The van der Waals surface area contributed by atoms with Crippen molar-refractivity contribution in [2.75, 3.05) is 14.2 Å². The standard InChI is InChI=1S/C17H19N3O4S/c1-15(14(23)24-4)9-17-13(22)19(3)16(2,25-17)12(21)20(17)11(15)10-6-5-7-18-8-10/h5-8,11H,9H2,1-4H3/t11-,15-,16-,17-/m0/s1. The van der Waals surface area contributed by atoms with Crippen molar-refractivity contribution in [3.05, 3.63) is 30.1 Å². The van der Waals surface area contributed by atoms with E-state index >= 15 is 0 Å². The number of ether oxygens (including phenoxy) is 1. The van der Waals surface area contributed by atoms with Crippen molar-refractivity contribution < 1.29 is 19.1 Å². The number of nitrogens with zero attached hydrogens (tertiary/aromatic N) is 3. The molecule has 2 amide bonds. The Morgan fingerprint density at radius 3 is 2.68 bits per heavy atom. The highest BCUT2D eigenvalue weighted by Crippen LogP contribution is 2.69. The molecule has 1 aromatic heterocycles. The molecule has 0 unspecified atom stereocenters. The minimum atomic E-state index is -1.07. The number of pyridine rings is 1. The predicted octanol–water partition coefficient (Wildman–Crippen LogP) is 1.17. The second-order valence-electron chi connectivity index (χ2n) is 7.18. The van der Waals surface area contributed by atoms with Crippen LogP contribution in [0.1, 0.15) is 31.9 Å². The van der Waals surface area contributed by atoms with Crippen LogP contribution in [-0.4, -0.2) is 56.5 Å². The molecule has 3 saturated heterocycles. The van der Waals surface area contributed by atoms with Gasteiger partial charge in [-0.3, -0.25) is 19.4 Å². The summed E-state index contributed by atoms with van der Waals surface area (Å²) in [5.41, 5.74) is -0.296. The van der Waals surface area contributed by atoms with E-state index in [-0.39, 0.29) is 18.2 Å². The lowest BCUT2D eigenvalue weighted by Crippen LogP contribution is -2.60. The van der Waals surface area contributed by atoms with Gasteiger partial charge in [-0.05, 0) is 25.5 Å². The first-order valence-corrected chi connectivity index (χ1v) is 8.84. The number of likely N-dealkylation sites (N-methyl/N-ethyl adjacent to an activating group) is 1. The van der Waals surface area contributed by atoms with E-state index in [9.17, 15) is 14.4 Å². The molecule has 0 radical (unpaired) electrons. The Bertz CT molecular complexity index is 802. The number of fused-ring (bicyclic) bond motifs is 1. The van der Waals surface area contributed by atoms with Gasteiger partial charge in [-0.25, -0.2) is 0 Å². The molecule has 7 nitrogen and oxygen atoms in total. The fourth-order valence-electron chi connectivity index (χ4n) is 4.50. The Balaban J connectivity index is 1.94. The van der Waals surface area contributed by atoms with Crippen LogP contribution in [0.4, 0.5) is 0 Å². The molecule has 8 heteroatoms. The summed E-state index contributed by atoms with van der Waals surface area (Å²) in [6.07, 6.45) is 3.50. The second-order valence-corrected chi connectivity index (χ2v) is 8.86. The molecule has 132 valence electrons. The summed E-state index contributed by atoms with van der Waals surface area (Å²) in [4.78, 5) is 44.2. The first kappa shape index (κ1) is 16.4. The number of carbonyl (C=O) groups excluding carboxylic acids is 3. The van der Waals surface area contributed by atoms with Crippen molar-refractivity contribution in [3.63, 3.8) is 0 Å². The molecular weight excluding hydrogens is 342 g/mol. The van der Waals surface area contributed by atoms with Gasteiger partial charge in [-0.15, -0.1) is 0 Å². The summed E-state index contributed by atoms with van der Waals surface area (Å²) in [5, 5.41) is 0. The van der Waals surface area contributed by atoms with E-state index in [1.165, 1.54) is 23.8 Å². The molecular formula is C17H19N3O4S. The summed E-state index contributed by atoms with van der Waals surface area (Å²) in [6, 6.07) is 3.01. The first-order valence-electron chi connectivity index (χ1n) is 8.03. The minimum Gasteiger partial charge on any atom is -0.469 e. The number of methoxy groups -OCH3 is 1. The van der Waals surface area contributed by atoms with Gasteiger partial charge in [-0.2, -0.15) is 0 Å². The van der Waals surface area contributed by atoms with E-state index in [0.29, 0.717) is 0 Å². The third-order valence-corrected chi connectivity index (χ3v) is 7.47. The summed E-state index contributed by atoms with van der Waals surface area (Å²) in [5.74, 6) is -0.718. The largest absolute Gasteiger partial charge is 0.469 e. The second kappa shape index (κ2) is 4.75. The average molecular weight is 361 g/mol. The highest BCUT2D eigenvalue weighted by Gasteiger charge is 2.79. The van der Waals surface area contributed by atoms with Crippen LogP contribution in [0.2, 0.25) is 0 Å². The molecule has 1 aromatic rings. The van der Waals surface area contributed by atoms with Gasteiger partial charge in [0.1, 0.15) is 0 Å². The fraction of sp³-hybridized carbons (Fsp3) is 0.529. The molecule has 4 atom stereocenters. The molecule has 25 heavy (non-hydrogen) atoms. The molecule has 3 aliphatic heterocycles. The molecule has 0 aliphatic carbocycles. The van der Waals surface area contributed by atoms with Crippen LogP contribution in [0.25, 0.3) is 0 Å². The summed E-state index contributed by atoms with van der Waals surface area (Å²) in [7, 11) is 2.98. The van der Waals surface area contributed by atoms with E-state index in [2.05, 4.69) is 4.98 Å². The number of hydrogen-bond donors (Lipinski definition) is 0. The number of carbonyl (C=O) groups is 3. The molecule has 4 rings (SSSR count). The van der Waals surface area contributed by atoms with Crippen LogP contribution in [0, 0.1) is 5.41 Å². The zero-order valence-electron chi connectivity index (χ0n) is 14.5. The van der Waals surface area contributed by atoms with E-state index in [0.717, 1.165) is 5.56 Å². The van der Waals surface area contributed by atoms with Crippen LogP contribution < -0.4 is 0 Å². The van der Waals surface area contributed by atoms with Gasteiger partial charge >= 0.3 is 5.97 Å². The highest BCUT2D eigenvalue weighted by atomic mass is 32.2. The Morgan fingerprint density at radius 2 is 2.08 bits per heavy atom. The maximum atomic E-state index is 13.2. The number of hydrogen-bond acceptors (Lipinski definition) is 6. The van der Waals surface area contributed by atoms with E-state index in [1.807, 2.05) is 6.07 Å². The smallest absolute Gasteiger partial charge is 0.314 e. The molecule has 0 aromatic carbocycles.